The van der Waals surface area contributed by atoms with E-state index in [-0.39, 0.29) is 17.9 Å². The van der Waals surface area contributed by atoms with E-state index < -0.39 is 0 Å². The number of hydrogen-bond acceptors (Lipinski definition) is 3. The van der Waals surface area contributed by atoms with E-state index in [1.54, 1.807) is 0 Å². The van der Waals surface area contributed by atoms with E-state index >= 15 is 0 Å². The Labute approximate surface area is 171 Å². The summed E-state index contributed by atoms with van der Waals surface area (Å²) >= 11 is 0. The van der Waals surface area contributed by atoms with Crippen LogP contribution >= 0.6 is 0 Å². The number of carbonyl (C=O) groups excluding carboxylic acids is 1. The summed E-state index contributed by atoms with van der Waals surface area (Å²) in [4.78, 5) is 12.2. The molecule has 5 nitrogen and oxygen atoms in total. The molecule has 0 spiro atoms. The molecule has 1 N–H and O–H groups in total. The number of rotatable bonds is 5. The van der Waals surface area contributed by atoms with Crippen molar-refractivity contribution < 1.29 is 4.79 Å². The average Bonchev–Trinajstić information content (AvgIpc) is 3.44. The molecule has 0 bridgehead atoms. The van der Waals surface area contributed by atoms with Crippen LogP contribution in [-0.4, -0.2) is 22.2 Å². The van der Waals surface area contributed by atoms with Crippen molar-refractivity contribution in [2.75, 3.05) is 6.54 Å². The predicted octanol–water partition coefficient (Wildman–Crippen LogP) is 4.57. The van der Waals surface area contributed by atoms with Gasteiger partial charge in [0.2, 0.25) is 5.91 Å². The lowest BCUT2D eigenvalue weighted by Crippen LogP contribution is -2.29. The molecule has 5 heteroatoms. The number of nitrogens with zero attached hydrogens (tertiary/aromatic N) is 3. The van der Waals surface area contributed by atoms with Crippen LogP contribution < -0.4 is 5.32 Å². The number of hydrogen-bond donors (Lipinski definition) is 1. The van der Waals surface area contributed by atoms with Crippen molar-refractivity contribution in [3.63, 3.8) is 0 Å². The van der Waals surface area contributed by atoms with Crippen LogP contribution in [0.2, 0.25) is 0 Å². The van der Waals surface area contributed by atoms with Gasteiger partial charge in [0, 0.05) is 18.7 Å². The summed E-state index contributed by atoms with van der Waals surface area (Å²) in [5.74, 6) is 0.242. The fourth-order valence-corrected chi connectivity index (χ4v) is 4.14. The van der Waals surface area contributed by atoms with Gasteiger partial charge in [0.15, 0.2) is 0 Å². The van der Waals surface area contributed by atoms with Crippen LogP contribution in [0.4, 0.5) is 0 Å². The highest BCUT2D eigenvalue weighted by molar-refractivity contribution is 5.79. The maximum atomic E-state index is 12.2. The molecule has 0 radical (unpaired) electrons. The third-order valence-corrected chi connectivity index (χ3v) is 5.67. The maximum absolute atomic E-state index is 12.2. The zero-order valence-corrected chi connectivity index (χ0v) is 16.5. The lowest BCUT2D eigenvalue weighted by Gasteiger charge is -2.16. The molecule has 1 fully saturated rings. The van der Waals surface area contributed by atoms with Crippen LogP contribution in [0.3, 0.4) is 0 Å². The summed E-state index contributed by atoms with van der Waals surface area (Å²) in [5, 5.41) is 16.5. The second kappa shape index (κ2) is 8.32. The molecule has 1 saturated carbocycles. The standard InChI is InChI=1S/C24H24N4O/c1-2-26-24(29)21-11-12-22(15-21)28-23(13-14-27-28)20-9-7-19(8-10-20)18-5-3-17(16-25)4-6-18/h3-10,13-14,21-22H,2,11-12,15H2,1H3,(H,26,29)/t21-,22+/m0/s1. The molecule has 0 saturated heterocycles. The van der Waals surface area contributed by atoms with E-state index in [0.29, 0.717) is 12.1 Å². The lowest BCUT2D eigenvalue weighted by atomic mass is 10.0. The highest BCUT2D eigenvalue weighted by Crippen LogP contribution is 2.37. The van der Waals surface area contributed by atoms with E-state index in [1.165, 1.54) is 0 Å². The van der Waals surface area contributed by atoms with Gasteiger partial charge in [0.05, 0.1) is 23.4 Å². The van der Waals surface area contributed by atoms with Gasteiger partial charge in [0.1, 0.15) is 0 Å². The quantitative estimate of drug-likeness (QED) is 0.701. The minimum Gasteiger partial charge on any atom is -0.356 e. The Balaban J connectivity index is 1.52. The Bertz CT molecular complexity index is 1030. The fourth-order valence-electron chi connectivity index (χ4n) is 4.14. The second-order valence-corrected chi connectivity index (χ2v) is 7.49. The predicted molar refractivity (Wildman–Crippen MR) is 113 cm³/mol. The minimum atomic E-state index is 0.0794. The molecule has 0 unspecified atom stereocenters. The maximum Gasteiger partial charge on any atom is 0.223 e. The fraction of sp³-hybridized carbons (Fsp3) is 0.292. The molecule has 2 aromatic carbocycles. The Morgan fingerprint density at radius 1 is 1.07 bits per heavy atom. The molecule has 2 atom stereocenters. The summed E-state index contributed by atoms with van der Waals surface area (Å²) in [7, 11) is 0. The highest BCUT2D eigenvalue weighted by Gasteiger charge is 2.32. The monoisotopic (exact) mass is 384 g/mol. The van der Waals surface area contributed by atoms with Crippen molar-refractivity contribution in [1.29, 1.82) is 5.26 Å². The van der Waals surface area contributed by atoms with E-state index in [9.17, 15) is 4.79 Å². The van der Waals surface area contributed by atoms with Crippen molar-refractivity contribution in [3.05, 3.63) is 66.4 Å². The summed E-state index contributed by atoms with van der Waals surface area (Å²) in [6, 6.07) is 20.5. The molecule has 1 aliphatic carbocycles. The van der Waals surface area contributed by atoms with Crippen molar-refractivity contribution in [3.8, 4) is 28.5 Å². The number of carbonyl (C=O) groups is 1. The van der Waals surface area contributed by atoms with Crippen LogP contribution in [0, 0.1) is 17.2 Å². The van der Waals surface area contributed by atoms with Crippen molar-refractivity contribution in [2.45, 2.75) is 32.2 Å². The minimum absolute atomic E-state index is 0.0794. The summed E-state index contributed by atoms with van der Waals surface area (Å²) in [5.41, 5.74) is 5.06. The van der Waals surface area contributed by atoms with Gasteiger partial charge in [-0.1, -0.05) is 36.4 Å². The molecule has 1 aromatic heterocycles. The zero-order chi connectivity index (χ0) is 20.2. The van der Waals surface area contributed by atoms with Crippen LogP contribution in [0.5, 0.6) is 0 Å². The molecule has 29 heavy (non-hydrogen) atoms. The van der Waals surface area contributed by atoms with Crippen molar-refractivity contribution in [1.82, 2.24) is 15.1 Å². The van der Waals surface area contributed by atoms with Gasteiger partial charge < -0.3 is 5.32 Å². The Hall–Kier alpha value is -3.39. The van der Waals surface area contributed by atoms with Gasteiger partial charge in [-0.25, -0.2) is 0 Å². The molecular weight excluding hydrogens is 360 g/mol. The first kappa shape index (κ1) is 18.9. The van der Waals surface area contributed by atoms with E-state index in [0.717, 1.165) is 41.6 Å². The number of aromatic nitrogens is 2. The summed E-state index contributed by atoms with van der Waals surface area (Å²) in [6.45, 7) is 2.64. The van der Waals surface area contributed by atoms with E-state index in [1.807, 2.05) is 43.5 Å². The van der Waals surface area contributed by atoms with Gasteiger partial charge in [-0.05, 0) is 61.1 Å². The smallest absolute Gasteiger partial charge is 0.223 e. The van der Waals surface area contributed by atoms with Gasteiger partial charge in [-0.2, -0.15) is 10.4 Å². The molecule has 1 heterocycles. The molecule has 1 aliphatic rings. The zero-order valence-electron chi connectivity index (χ0n) is 16.5. The number of nitrogens with one attached hydrogen (secondary N) is 1. The molecule has 1 amide bonds. The Morgan fingerprint density at radius 2 is 1.72 bits per heavy atom. The van der Waals surface area contributed by atoms with Gasteiger partial charge in [-0.3, -0.25) is 9.48 Å². The lowest BCUT2D eigenvalue weighted by molar-refractivity contribution is -0.124. The first-order valence-corrected chi connectivity index (χ1v) is 10.1. The molecule has 4 rings (SSSR count). The third kappa shape index (κ3) is 3.93. The largest absolute Gasteiger partial charge is 0.356 e. The topological polar surface area (TPSA) is 70.7 Å². The van der Waals surface area contributed by atoms with Gasteiger partial charge >= 0.3 is 0 Å². The van der Waals surface area contributed by atoms with E-state index in [2.05, 4.69) is 45.4 Å². The SMILES string of the molecule is CCNC(=O)[C@H]1CC[C@@H](n2nccc2-c2ccc(-c3ccc(C#N)cc3)cc2)C1. The Kier molecular flexibility index (Phi) is 5.44. The van der Waals surface area contributed by atoms with Crippen molar-refractivity contribution >= 4 is 5.91 Å². The van der Waals surface area contributed by atoms with Crippen LogP contribution in [0.25, 0.3) is 22.4 Å². The van der Waals surface area contributed by atoms with Crippen LogP contribution in [0.1, 0.15) is 37.8 Å². The van der Waals surface area contributed by atoms with Gasteiger partial charge in [0.25, 0.3) is 0 Å². The van der Waals surface area contributed by atoms with Crippen molar-refractivity contribution in [2.24, 2.45) is 5.92 Å². The highest BCUT2D eigenvalue weighted by atomic mass is 16.1. The summed E-state index contributed by atoms with van der Waals surface area (Å²) < 4.78 is 2.08. The average molecular weight is 384 g/mol. The first-order valence-electron chi connectivity index (χ1n) is 10.1. The summed E-state index contributed by atoms with van der Waals surface area (Å²) in [6.07, 6.45) is 4.56. The normalized spacial score (nSPS) is 18.3. The third-order valence-electron chi connectivity index (χ3n) is 5.67. The molecule has 146 valence electrons. The molecule has 3 aromatic rings. The van der Waals surface area contributed by atoms with Gasteiger partial charge in [-0.15, -0.1) is 0 Å². The second-order valence-electron chi connectivity index (χ2n) is 7.49. The number of benzene rings is 2. The van der Waals surface area contributed by atoms with Crippen LogP contribution in [0.15, 0.2) is 60.8 Å². The molecular formula is C24H24N4O. The number of amides is 1. The first-order chi connectivity index (χ1) is 14.2. The van der Waals surface area contributed by atoms with E-state index in [4.69, 9.17) is 5.26 Å². The number of nitriles is 1. The molecule has 0 aliphatic heterocycles. The Morgan fingerprint density at radius 3 is 2.38 bits per heavy atom. The van der Waals surface area contributed by atoms with Crippen LogP contribution in [-0.2, 0) is 4.79 Å².